The number of halogens is 1. The predicted molar refractivity (Wildman–Crippen MR) is 37.3 cm³/mol. The zero-order valence-electron chi connectivity index (χ0n) is 5.28. The van der Waals surface area contributed by atoms with Gasteiger partial charge in [0.05, 0.1) is 6.10 Å². The number of aliphatic carboxylic acids is 1. The van der Waals surface area contributed by atoms with Crippen LogP contribution in [0.2, 0.25) is 0 Å². The number of nitrogens with one attached hydrogen (secondary N) is 1. The fourth-order valence-corrected chi connectivity index (χ4v) is 0.905. The first-order chi connectivity index (χ1) is 4.20. The molecular formula is C5H10ClNO3. The van der Waals surface area contributed by atoms with Crippen LogP contribution in [-0.4, -0.2) is 34.9 Å². The number of carboxylic acids is 1. The van der Waals surface area contributed by atoms with Crippen molar-refractivity contribution in [3.63, 3.8) is 0 Å². The lowest BCUT2D eigenvalue weighted by Gasteiger charge is -1.99. The van der Waals surface area contributed by atoms with E-state index in [2.05, 4.69) is 5.32 Å². The van der Waals surface area contributed by atoms with Gasteiger partial charge in [-0.25, -0.2) is 0 Å². The van der Waals surface area contributed by atoms with Gasteiger partial charge in [0.2, 0.25) is 0 Å². The van der Waals surface area contributed by atoms with Crippen LogP contribution in [0.4, 0.5) is 0 Å². The lowest BCUT2D eigenvalue weighted by Crippen LogP contribution is -2.29. The first-order valence-corrected chi connectivity index (χ1v) is 2.84. The molecule has 60 valence electrons. The van der Waals surface area contributed by atoms with E-state index in [1.54, 1.807) is 0 Å². The van der Waals surface area contributed by atoms with Crippen molar-refractivity contribution in [1.82, 2.24) is 5.32 Å². The molecule has 0 radical (unpaired) electrons. The van der Waals surface area contributed by atoms with Gasteiger partial charge in [-0.05, 0) is 0 Å². The van der Waals surface area contributed by atoms with Crippen LogP contribution in [0.5, 0.6) is 0 Å². The molecule has 10 heavy (non-hydrogen) atoms. The van der Waals surface area contributed by atoms with Gasteiger partial charge in [0.25, 0.3) is 0 Å². The molecule has 3 N–H and O–H groups in total. The largest absolute Gasteiger partial charge is 0.480 e. The van der Waals surface area contributed by atoms with Crippen molar-refractivity contribution in [1.29, 1.82) is 0 Å². The van der Waals surface area contributed by atoms with Crippen molar-refractivity contribution in [2.75, 3.05) is 6.54 Å². The Kier molecular flexibility index (Phi) is 3.63. The third-order valence-corrected chi connectivity index (χ3v) is 1.41. The number of aliphatic hydroxyl groups excluding tert-OH is 1. The van der Waals surface area contributed by atoms with E-state index in [-0.39, 0.29) is 12.4 Å². The van der Waals surface area contributed by atoms with Crippen LogP contribution in [-0.2, 0) is 4.79 Å². The molecule has 0 saturated carbocycles. The van der Waals surface area contributed by atoms with Crippen LogP contribution >= 0.6 is 12.4 Å². The smallest absolute Gasteiger partial charge is 0.320 e. The summed E-state index contributed by atoms with van der Waals surface area (Å²) >= 11 is 0. The van der Waals surface area contributed by atoms with Gasteiger partial charge in [-0.15, -0.1) is 12.4 Å². The molecule has 0 aromatic carbocycles. The normalized spacial score (nSPS) is 31.3. The van der Waals surface area contributed by atoms with E-state index in [0.29, 0.717) is 13.0 Å². The molecule has 0 spiro atoms. The minimum atomic E-state index is -0.883. The summed E-state index contributed by atoms with van der Waals surface area (Å²) in [5, 5.41) is 19.8. The second-order valence-electron chi connectivity index (χ2n) is 2.19. The third kappa shape index (κ3) is 2.13. The maximum absolute atomic E-state index is 10.2. The second kappa shape index (κ2) is 3.75. The highest BCUT2D eigenvalue weighted by molar-refractivity contribution is 5.85. The average molecular weight is 168 g/mol. The minimum absolute atomic E-state index is 0. The Morgan fingerprint density at radius 1 is 1.60 bits per heavy atom. The Bertz CT molecular complexity index is 130. The molecule has 1 unspecified atom stereocenters. The standard InChI is InChI=1S/C5H9NO3.ClH/c7-3-1-4(5(8)9)6-2-3;/h3-4,6-7H,1-2H2,(H,8,9);1H/t3?,4-;/m0./s1. The molecule has 0 amide bonds. The van der Waals surface area contributed by atoms with Gasteiger partial charge in [0.15, 0.2) is 0 Å². The van der Waals surface area contributed by atoms with Crippen molar-refractivity contribution >= 4 is 18.4 Å². The number of aliphatic hydroxyl groups is 1. The Balaban J connectivity index is 0.000000810. The molecule has 0 aliphatic carbocycles. The molecular weight excluding hydrogens is 158 g/mol. The summed E-state index contributed by atoms with van der Waals surface area (Å²) in [5.41, 5.74) is 0. The van der Waals surface area contributed by atoms with Gasteiger partial charge in [0.1, 0.15) is 6.04 Å². The van der Waals surface area contributed by atoms with Crippen LogP contribution in [0.3, 0.4) is 0 Å². The maximum Gasteiger partial charge on any atom is 0.320 e. The van der Waals surface area contributed by atoms with Gasteiger partial charge in [-0.3, -0.25) is 4.79 Å². The fourth-order valence-electron chi connectivity index (χ4n) is 0.905. The van der Waals surface area contributed by atoms with E-state index in [0.717, 1.165) is 0 Å². The molecule has 1 rings (SSSR count). The first-order valence-electron chi connectivity index (χ1n) is 2.84. The van der Waals surface area contributed by atoms with Gasteiger partial charge in [-0.2, -0.15) is 0 Å². The molecule has 1 saturated heterocycles. The predicted octanol–water partition coefficient (Wildman–Crippen LogP) is -0.784. The molecule has 0 aromatic rings. The summed E-state index contributed by atoms with van der Waals surface area (Å²) < 4.78 is 0. The van der Waals surface area contributed by atoms with E-state index >= 15 is 0 Å². The number of β-amino-alcohol motifs (C(OH)–C–C–N with tert-alkyl or cyclic N) is 1. The van der Waals surface area contributed by atoms with Gasteiger partial charge in [0, 0.05) is 13.0 Å². The van der Waals surface area contributed by atoms with E-state index in [1.807, 2.05) is 0 Å². The van der Waals surface area contributed by atoms with Crippen LogP contribution in [0, 0.1) is 0 Å². The molecule has 1 fully saturated rings. The number of hydrogen-bond donors (Lipinski definition) is 3. The molecule has 1 heterocycles. The Hall–Kier alpha value is -0.320. The Morgan fingerprint density at radius 2 is 2.20 bits per heavy atom. The zero-order chi connectivity index (χ0) is 6.85. The minimum Gasteiger partial charge on any atom is -0.480 e. The highest BCUT2D eigenvalue weighted by Gasteiger charge is 2.27. The molecule has 2 atom stereocenters. The van der Waals surface area contributed by atoms with Crippen LogP contribution in [0.15, 0.2) is 0 Å². The fraction of sp³-hybridized carbons (Fsp3) is 0.800. The van der Waals surface area contributed by atoms with Crippen LogP contribution < -0.4 is 5.32 Å². The first kappa shape index (κ1) is 9.68. The van der Waals surface area contributed by atoms with E-state index < -0.39 is 18.1 Å². The summed E-state index contributed by atoms with van der Waals surface area (Å²) in [6.45, 7) is 0.400. The summed E-state index contributed by atoms with van der Waals surface area (Å²) in [7, 11) is 0. The van der Waals surface area contributed by atoms with Crippen molar-refractivity contribution < 1.29 is 15.0 Å². The molecule has 0 bridgehead atoms. The second-order valence-corrected chi connectivity index (χ2v) is 2.19. The number of carbonyl (C=O) groups is 1. The highest BCUT2D eigenvalue weighted by atomic mass is 35.5. The van der Waals surface area contributed by atoms with Crippen molar-refractivity contribution in [2.24, 2.45) is 0 Å². The van der Waals surface area contributed by atoms with E-state index in [9.17, 15) is 4.79 Å². The molecule has 1 aliphatic heterocycles. The molecule has 1 aliphatic rings. The van der Waals surface area contributed by atoms with Gasteiger partial charge >= 0.3 is 5.97 Å². The monoisotopic (exact) mass is 167 g/mol. The lowest BCUT2D eigenvalue weighted by molar-refractivity contribution is -0.139. The highest BCUT2D eigenvalue weighted by Crippen LogP contribution is 2.05. The quantitative estimate of drug-likeness (QED) is 0.479. The average Bonchev–Trinajstić information content (AvgIpc) is 2.14. The topological polar surface area (TPSA) is 69.6 Å². The SMILES string of the molecule is Cl.O=C(O)[C@@H]1CC(O)CN1. The van der Waals surface area contributed by atoms with Gasteiger partial charge in [-0.1, -0.05) is 0 Å². The Morgan fingerprint density at radius 3 is 2.40 bits per heavy atom. The summed E-state index contributed by atoms with van der Waals surface area (Å²) in [5.74, 6) is -0.883. The van der Waals surface area contributed by atoms with E-state index in [4.69, 9.17) is 10.2 Å². The van der Waals surface area contributed by atoms with Crippen LogP contribution in [0.25, 0.3) is 0 Å². The zero-order valence-corrected chi connectivity index (χ0v) is 6.10. The van der Waals surface area contributed by atoms with Crippen molar-refractivity contribution in [3.8, 4) is 0 Å². The summed E-state index contributed by atoms with van der Waals surface area (Å²) in [6.07, 6.45) is -0.152. The van der Waals surface area contributed by atoms with Gasteiger partial charge < -0.3 is 15.5 Å². The van der Waals surface area contributed by atoms with Crippen molar-refractivity contribution in [3.05, 3.63) is 0 Å². The van der Waals surface area contributed by atoms with E-state index in [1.165, 1.54) is 0 Å². The Labute approximate surface area is 64.6 Å². The lowest BCUT2D eigenvalue weighted by atomic mass is 10.2. The number of rotatable bonds is 1. The summed E-state index contributed by atoms with van der Waals surface area (Å²) in [6, 6.07) is -0.542. The van der Waals surface area contributed by atoms with Crippen molar-refractivity contribution in [2.45, 2.75) is 18.6 Å². The summed E-state index contributed by atoms with van der Waals surface area (Å²) in [4.78, 5) is 10.2. The molecule has 4 nitrogen and oxygen atoms in total. The third-order valence-electron chi connectivity index (χ3n) is 1.41. The number of carboxylic acid groups (broad SMARTS) is 1. The molecule has 5 heteroatoms. The van der Waals surface area contributed by atoms with Crippen LogP contribution in [0.1, 0.15) is 6.42 Å². The molecule has 0 aromatic heterocycles. The number of hydrogen-bond acceptors (Lipinski definition) is 3. The maximum atomic E-state index is 10.2.